The third-order valence-corrected chi connectivity index (χ3v) is 2.73. The Labute approximate surface area is 100.0 Å². The molecule has 2 aromatic rings. The van der Waals surface area contributed by atoms with Crippen LogP contribution in [0.2, 0.25) is 0 Å². The maximum absolute atomic E-state index is 11.8. The minimum Gasteiger partial charge on any atom is -0.380 e. The molecule has 0 bridgehead atoms. The van der Waals surface area contributed by atoms with Crippen molar-refractivity contribution >= 4 is 16.8 Å². The van der Waals surface area contributed by atoms with Crippen LogP contribution in [-0.4, -0.2) is 30.6 Å². The van der Waals surface area contributed by atoms with Crippen molar-refractivity contribution in [2.24, 2.45) is 0 Å². The molecule has 1 amide bonds. The second-order valence-electron chi connectivity index (χ2n) is 4.03. The van der Waals surface area contributed by atoms with Gasteiger partial charge in [0, 0.05) is 24.6 Å². The summed E-state index contributed by atoms with van der Waals surface area (Å²) >= 11 is 0. The van der Waals surface area contributed by atoms with E-state index in [1.54, 1.807) is 7.11 Å². The van der Waals surface area contributed by atoms with Crippen LogP contribution in [0.4, 0.5) is 0 Å². The van der Waals surface area contributed by atoms with E-state index in [2.05, 4.69) is 10.3 Å². The second-order valence-corrected chi connectivity index (χ2v) is 4.03. The molecule has 0 fully saturated rings. The van der Waals surface area contributed by atoms with Gasteiger partial charge < -0.3 is 15.0 Å². The van der Waals surface area contributed by atoms with Crippen molar-refractivity contribution in [2.45, 2.75) is 13.0 Å². The normalized spacial score (nSPS) is 12.6. The molecule has 0 radical (unpaired) electrons. The van der Waals surface area contributed by atoms with Gasteiger partial charge in [0.25, 0.3) is 5.91 Å². The number of hydrogen-bond donors (Lipinski definition) is 2. The minimum absolute atomic E-state index is 0.0170. The molecule has 1 unspecified atom stereocenters. The number of rotatable bonds is 4. The molecule has 2 N–H and O–H groups in total. The molecular formula is C13H16N2O2. The maximum Gasteiger partial charge on any atom is 0.267 e. The van der Waals surface area contributed by atoms with Gasteiger partial charge in [-0.2, -0.15) is 0 Å². The quantitative estimate of drug-likeness (QED) is 0.846. The fourth-order valence-electron chi connectivity index (χ4n) is 1.61. The number of fused-ring (bicyclic) bond motifs is 1. The number of H-pyrrole nitrogens is 1. The van der Waals surface area contributed by atoms with Crippen molar-refractivity contribution in [1.29, 1.82) is 0 Å². The third-order valence-electron chi connectivity index (χ3n) is 2.73. The lowest BCUT2D eigenvalue weighted by Gasteiger charge is -2.09. The Hall–Kier alpha value is -1.81. The number of hydrogen-bond acceptors (Lipinski definition) is 2. The number of aromatic nitrogens is 1. The third kappa shape index (κ3) is 2.65. The lowest BCUT2D eigenvalue weighted by molar-refractivity contribution is 0.0867. The molecule has 1 heterocycles. The zero-order valence-electron chi connectivity index (χ0n) is 9.99. The summed E-state index contributed by atoms with van der Waals surface area (Å²) in [5, 5.41) is 3.85. The lowest BCUT2D eigenvalue weighted by atomic mass is 10.2. The topological polar surface area (TPSA) is 54.1 Å². The van der Waals surface area contributed by atoms with Crippen LogP contribution in [0.1, 0.15) is 17.4 Å². The maximum atomic E-state index is 11.8. The van der Waals surface area contributed by atoms with Crippen LogP contribution >= 0.6 is 0 Å². The van der Waals surface area contributed by atoms with Crippen molar-refractivity contribution in [3.05, 3.63) is 36.0 Å². The first-order chi connectivity index (χ1) is 8.20. The van der Waals surface area contributed by atoms with Gasteiger partial charge in [0.15, 0.2) is 0 Å². The SMILES string of the molecule is COC(C)CNC(=O)c1cc2ccccc2[nH]1. The van der Waals surface area contributed by atoms with E-state index in [9.17, 15) is 4.79 Å². The van der Waals surface area contributed by atoms with Crippen molar-refractivity contribution in [2.75, 3.05) is 13.7 Å². The molecule has 1 aromatic carbocycles. The highest BCUT2D eigenvalue weighted by atomic mass is 16.5. The Morgan fingerprint density at radius 3 is 2.94 bits per heavy atom. The number of ether oxygens (including phenoxy) is 1. The van der Waals surface area contributed by atoms with Gasteiger partial charge in [-0.25, -0.2) is 0 Å². The predicted octanol–water partition coefficient (Wildman–Crippen LogP) is 1.93. The molecule has 17 heavy (non-hydrogen) atoms. The van der Waals surface area contributed by atoms with Crippen molar-refractivity contribution in [3.8, 4) is 0 Å². The van der Waals surface area contributed by atoms with Gasteiger partial charge in [-0.15, -0.1) is 0 Å². The van der Waals surface area contributed by atoms with Gasteiger partial charge in [0.1, 0.15) is 5.69 Å². The second kappa shape index (κ2) is 5.01. The van der Waals surface area contributed by atoms with E-state index in [0.29, 0.717) is 12.2 Å². The molecule has 0 aliphatic heterocycles. The predicted molar refractivity (Wildman–Crippen MR) is 67.1 cm³/mol. The Morgan fingerprint density at radius 1 is 1.47 bits per heavy atom. The number of para-hydroxylation sites is 1. The first-order valence-electron chi connectivity index (χ1n) is 5.59. The van der Waals surface area contributed by atoms with E-state index in [4.69, 9.17) is 4.74 Å². The largest absolute Gasteiger partial charge is 0.380 e. The zero-order valence-corrected chi connectivity index (χ0v) is 9.99. The first kappa shape index (κ1) is 11.7. The fraction of sp³-hybridized carbons (Fsp3) is 0.308. The summed E-state index contributed by atoms with van der Waals surface area (Å²) in [4.78, 5) is 14.9. The van der Waals surface area contributed by atoms with E-state index >= 15 is 0 Å². The van der Waals surface area contributed by atoms with Crippen LogP contribution in [0.25, 0.3) is 10.9 Å². The number of carbonyl (C=O) groups excluding carboxylic acids is 1. The summed E-state index contributed by atoms with van der Waals surface area (Å²) in [7, 11) is 1.62. The molecule has 1 atom stereocenters. The number of amides is 1. The smallest absolute Gasteiger partial charge is 0.267 e. The number of methoxy groups -OCH3 is 1. The van der Waals surface area contributed by atoms with Gasteiger partial charge in [-0.3, -0.25) is 4.79 Å². The number of carbonyl (C=O) groups is 1. The Morgan fingerprint density at radius 2 is 2.24 bits per heavy atom. The fourth-order valence-corrected chi connectivity index (χ4v) is 1.61. The average Bonchev–Trinajstić information content (AvgIpc) is 2.79. The molecule has 2 rings (SSSR count). The van der Waals surface area contributed by atoms with Crippen LogP contribution in [-0.2, 0) is 4.74 Å². The Bertz CT molecular complexity index is 486. The van der Waals surface area contributed by atoms with E-state index in [0.717, 1.165) is 10.9 Å². The van der Waals surface area contributed by atoms with Crippen LogP contribution in [0.3, 0.4) is 0 Å². The Kier molecular flexibility index (Phi) is 3.44. The summed E-state index contributed by atoms with van der Waals surface area (Å²) in [5.41, 5.74) is 1.55. The van der Waals surface area contributed by atoms with Crippen molar-refractivity contribution in [1.82, 2.24) is 10.3 Å². The molecule has 0 aliphatic carbocycles. The number of aromatic amines is 1. The minimum atomic E-state index is -0.106. The van der Waals surface area contributed by atoms with Crippen molar-refractivity contribution < 1.29 is 9.53 Å². The van der Waals surface area contributed by atoms with Gasteiger partial charge in [0.05, 0.1) is 6.10 Å². The van der Waals surface area contributed by atoms with Crippen LogP contribution in [0.15, 0.2) is 30.3 Å². The van der Waals surface area contributed by atoms with Gasteiger partial charge >= 0.3 is 0 Å². The van der Waals surface area contributed by atoms with Crippen LogP contribution < -0.4 is 5.32 Å². The highest BCUT2D eigenvalue weighted by Crippen LogP contribution is 2.14. The number of nitrogens with one attached hydrogen (secondary N) is 2. The molecule has 4 nitrogen and oxygen atoms in total. The standard InChI is InChI=1S/C13H16N2O2/c1-9(17-2)8-14-13(16)12-7-10-5-3-4-6-11(10)15-12/h3-7,9,15H,8H2,1-2H3,(H,14,16). The summed E-state index contributed by atoms with van der Waals surface area (Å²) in [5.74, 6) is -0.106. The highest BCUT2D eigenvalue weighted by molar-refractivity contribution is 5.97. The molecule has 0 spiro atoms. The molecule has 0 saturated carbocycles. The average molecular weight is 232 g/mol. The lowest BCUT2D eigenvalue weighted by Crippen LogP contribution is -2.31. The summed E-state index contributed by atoms with van der Waals surface area (Å²) in [6.07, 6.45) is 0.0170. The Balaban J connectivity index is 2.08. The van der Waals surface area contributed by atoms with Gasteiger partial charge in [0.2, 0.25) is 0 Å². The van der Waals surface area contributed by atoms with E-state index < -0.39 is 0 Å². The molecule has 0 aliphatic rings. The van der Waals surface area contributed by atoms with E-state index in [-0.39, 0.29) is 12.0 Å². The first-order valence-corrected chi connectivity index (χ1v) is 5.59. The summed E-state index contributed by atoms with van der Waals surface area (Å²) < 4.78 is 5.07. The zero-order chi connectivity index (χ0) is 12.3. The van der Waals surface area contributed by atoms with E-state index in [1.807, 2.05) is 37.3 Å². The molecule has 90 valence electrons. The molecular weight excluding hydrogens is 216 g/mol. The van der Waals surface area contributed by atoms with Crippen LogP contribution in [0, 0.1) is 0 Å². The van der Waals surface area contributed by atoms with Crippen LogP contribution in [0.5, 0.6) is 0 Å². The molecule has 4 heteroatoms. The van der Waals surface area contributed by atoms with E-state index in [1.165, 1.54) is 0 Å². The summed E-state index contributed by atoms with van der Waals surface area (Å²) in [6, 6.07) is 9.66. The number of benzene rings is 1. The molecule has 1 aromatic heterocycles. The van der Waals surface area contributed by atoms with Gasteiger partial charge in [-0.1, -0.05) is 18.2 Å². The summed E-state index contributed by atoms with van der Waals surface area (Å²) in [6.45, 7) is 2.41. The monoisotopic (exact) mass is 232 g/mol. The van der Waals surface area contributed by atoms with Gasteiger partial charge in [-0.05, 0) is 19.1 Å². The van der Waals surface area contributed by atoms with Crippen molar-refractivity contribution in [3.63, 3.8) is 0 Å². The highest BCUT2D eigenvalue weighted by Gasteiger charge is 2.09. The molecule has 0 saturated heterocycles.